The molecule has 0 spiro atoms. The van der Waals surface area contributed by atoms with Gasteiger partial charge in [0.25, 0.3) is 0 Å². The molecule has 0 amide bonds. The molecule has 2 heteroatoms. The first-order valence-electron chi connectivity index (χ1n) is 9.16. The van der Waals surface area contributed by atoms with Crippen molar-refractivity contribution in [3.8, 4) is 11.8 Å². The van der Waals surface area contributed by atoms with Crippen LogP contribution in [-0.4, -0.2) is 0 Å². The fourth-order valence-corrected chi connectivity index (χ4v) is 3.63. The van der Waals surface area contributed by atoms with E-state index in [9.17, 15) is 4.39 Å². The van der Waals surface area contributed by atoms with E-state index in [1.807, 2.05) is 12.1 Å². The summed E-state index contributed by atoms with van der Waals surface area (Å²) < 4.78 is 13.7. The van der Waals surface area contributed by atoms with Crippen LogP contribution in [0.15, 0.2) is 42.5 Å². The molecule has 1 aliphatic carbocycles. The molecular weight excluding hydrogens is 331 g/mol. The maximum absolute atomic E-state index is 13.7. The predicted octanol–water partition coefficient (Wildman–Crippen LogP) is 6.64. The quantitative estimate of drug-likeness (QED) is 0.542. The zero-order chi connectivity index (χ0) is 17.6. The van der Waals surface area contributed by atoms with Crippen molar-refractivity contribution in [2.75, 3.05) is 0 Å². The SMILES string of the molecule is CC1CCC(CCc2ccc(C#Cc3ccc(Cl)cc3F)cc2)CC1. The molecule has 0 unspecified atom stereocenters. The lowest BCUT2D eigenvalue weighted by Gasteiger charge is -2.26. The summed E-state index contributed by atoms with van der Waals surface area (Å²) in [5.41, 5.74) is 2.64. The van der Waals surface area contributed by atoms with Crippen molar-refractivity contribution in [2.45, 2.75) is 45.4 Å². The summed E-state index contributed by atoms with van der Waals surface area (Å²) in [4.78, 5) is 0. The lowest BCUT2D eigenvalue weighted by Crippen LogP contribution is -2.12. The first-order chi connectivity index (χ1) is 12.1. The maximum Gasteiger partial charge on any atom is 0.140 e. The lowest BCUT2D eigenvalue weighted by atomic mass is 9.80. The van der Waals surface area contributed by atoms with E-state index in [4.69, 9.17) is 11.6 Å². The van der Waals surface area contributed by atoms with Crippen LogP contribution in [-0.2, 0) is 6.42 Å². The van der Waals surface area contributed by atoms with Gasteiger partial charge in [-0.25, -0.2) is 4.39 Å². The average Bonchev–Trinajstić information content (AvgIpc) is 2.61. The Morgan fingerprint density at radius 1 is 1.00 bits per heavy atom. The molecule has 2 aromatic carbocycles. The van der Waals surface area contributed by atoms with Crippen LogP contribution in [0.4, 0.5) is 4.39 Å². The maximum atomic E-state index is 13.7. The molecule has 130 valence electrons. The van der Waals surface area contributed by atoms with E-state index in [1.54, 1.807) is 12.1 Å². The summed E-state index contributed by atoms with van der Waals surface area (Å²) in [6.45, 7) is 2.37. The summed E-state index contributed by atoms with van der Waals surface area (Å²) in [5, 5.41) is 0.389. The highest BCUT2D eigenvalue weighted by Crippen LogP contribution is 2.31. The Balaban J connectivity index is 1.56. The normalized spacial score (nSPS) is 20.0. The topological polar surface area (TPSA) is 0 Å². The molecule has 1 aliphatic rings. The number of hydrogen-bond acceptors (Lipinski definition) is 0. The van der Waals surface area contributed by atoms with Gasteiger partial charge in [0.05, 0.1) is 5.56 Å². The molecular formula is C23H24ClF. The molecule has 1 fully saturated rings. The molecule has 0 saturated heterocycles. The monoisotopic (exact) mass is 354 g/mol. The second-order valence-corrected chi connectivity index (χ2v) is 7.67. The third-order valence-electron chi connectivity index (χ3n) is 5.20. The predicted molar refractivity (Wildman–Crippen MR) is 103 cm³/mol. The Hall–Kier alpha value is -1.78. The zero-order valence-electron chi connectivity index (χ0n) is 14.7. The van der Waals surface area contributed by atoms with Crippen LogP contribution >= 0.6 is 11.6 Å². The van der Waals surface area contributed by atoms with Crippen molar-refractivity contribution in [2.24, 2.45) is 11.8 Å². The molecule has 0 radical (unpaired) electrons. The van der Waals surface area contributed by atoms with Gasteiger partial charge in [-0.05, 0) is 60.6 Å². The molecule has 0 aliphatic heterocycles. The molecule has 1 saturated carbocycles. The van der Waals surface area contributed by atoms with Crippen molar-refractivity contribution in [3.05, 3.63) is 70.0 Å². The number of halogens is 2. The van der Waals surface area contributed by atoms with Crippen LogP contribution < -0.4 is 0 Å². The van der Waals surface area contributed by atoms with Gasteiger partial charge < -0.3 is 0 Å². The molecule has 0 heterocycles. The fourth-order valence-electron chi connectivity index (χ4n) is 3.47. The molecule has 3 rings (SSSR count). The summed E-state index contributed by atoms with van der Waals surface area (Å²) in [7, 11) is 0. The smallest absolute Gasteiger partial charge is 0.140 e. The van der Waals surface area contributed by atoms with Gasteiger partial charge in [0, 0.05) is 10.6 Å². The molecule has 0 nitrogen and oxygen atoms in total. The highest BCUT2D eigenvalue weighted by Gasteiger charge is 2.17. The van der Waals surface area contributed by atoms with E-state index in [1.165, 1.54) is 43.7 Å². The highest BCUT2D eigenvalue weighted by atomic mass is 35.5. The van der Waals surface area contributed by atoms with E-state index in [0.717, 1.165) is 23.8 Å². The Labute approximate surface area is 155 Å². The Morgan fingerprint density at radius 2 is 1.72 bits per heavy atom. The fraction of sp³-hybridized carbons (Fsp3) is 0.391. The Bertz CT molecular complexity index is 759. The average molecular weight is 355 g/mol. The minimum absolute atomic E-state index is 0.375. The second kappa shape index (κ2) is 8.54. The van der Waals surface area contributed by atoms with Crippen molar-refractivity contribution < 1.29 is 4.39 Å². The van der Waals surface area contributed by atoms with E-state index in [-0.39, 0.29) is 5.82 Å². The van der Waals surface area contributed by atoms with Gasteiger partial charge in [-0.1, -0.05) is 68.2 Å². The van der Waals surface area contributed by atoms with E-state index in [0.29, 0.717) is 10.6 Å². The number of hydrogen-bond donors (Lipinski definition) is 0. The van der Waals surface area contributed by atoms with Crippen LogP contribution in [0.25, 0.3) is 0 Å². The van der Waals surface area contributed by atoms with E-state index < -0.39 is 0 Å². The number of rotatable bonds is 3. The van der Waals surface area contributed by atoms with Crippen LogP contribution in [0.5, 0.6) is 0 Å². The van der Waals surface area contributed by atoms with Crippen molar-refractivity contribution in [3.63, 3.8) is 0 Å². The number of aryl methyl sites for hydroxylation is 1. The van der Waals surface area contributed by atoms with E-state index in [2.05, 4.69) is 30.9 Å². The van der Waals surface area contributed by atoms with Gasteiger partial charge in [-0.15, -0.1) is 0 Å². The standard InChI is InChI=1S/C23H24ClF/c1-17-2-4-18(5-3-17)6-7-19-8-10-20(11-9-19)12-13-21-14-15-22(24)16-23(21)25/h8-11,14-18H,2-7H2,1H3. The molecule has 0 N–H and O–H groups in total. The van der Waals surface area contributed by atoms with Crippen LogP contribution in [0.3, 0.4) is 0 Å². The van der Waals surface area contributed by atoms with Gasteiger partial charge in [0.1, 0.15) is 5.82 Å². The lowest BCUT2D eigenvalue weighted by molar-refractivity contribution is 0.278. The third kappa shape index (κ3) is 5.35. The first kappa shape index (κ1) is 18.0. The van der Waals surface area contributed by atoms with Crippen molar-refractivity contribution in [1.29, 1.82) is 0 Å². The summed E-state index contributed by atoms with van der Waals surface area (Å²) in [5.74, 6) is 7.34. The van der Waals surface area contributed by atoms with Crippen LogP contribution in [0, 0.1) is 29.5 Å². The van der Waals surface area contributed by atoms with Gasteiger partial charge in [-0.2, -0.15) is 0 Å². The minimum atomic E-state index is -0.376. The minimum Gasteiger partial charge on any atom is -0.206 e. The molecule has 25 heavy (non-hydrogen) atoms. The van der Waals surface area contributed by atoms with Gasteiger partial charge in [0.15, 0.2) is 0 Å². The highest BCUT2D eigenvalue weighted by molar-refractivity contribution is 6.30. The zero-order valence-corrected chi connectivity index (χ0v) is 15.5. The van der Waals surface area contributed by atoms with Crippen molar-refractivity contribution >= 4 is 11.6 Å². The summed E-state index contributed by atoms with van der Waals surface area (Å²) >= 11 is 5.76. The molecule has 0 atom stereocenters. The molecule has 0 aromatic heterocycles. The second-order valence-electron chi connectivity index (χ2n) is 7.24. The van der Waals surface area contributed by atoms with Gasteiger partial charge in [-0.3, -0.25) is 0 Å². The number of benzene rings is 2. The van der Waals surface area contributed by atoms with Gasteiger partial charge in [0.2, 0.25) is 0 Å². The largest absolute Gasteiger partial charge is 0.206 e. The van der Waals surface area contributed by atoms with Crippen molar-refractivity contribution in [1.82, 2.24) is 0 Å². The van der Waals surface area contributed by atoms with Crippen LogP contribution in [0.2, 0.25) is 5.02 Å². The van der Waals surface area contributed by atoms with E-state index >= 15 is 0 Å². The molecule has 2 aromatic rings. The van der Waals surface area contributed by atoms with Crippen LogP contribution in [0.1, 0.15) is 55.7 Å². The Morgan fingerprint density at radius 3 is 2.40 bits per heavy atom. The summed E-state index contributed by atoms with van der Waals surface area (Å²) in [6.07, 6.45) is 7.97. The van der Waals surface area contributed by atoms with Gasteiger partial charge >= 0.3 is 0 Å². The summed E-state index contributed by atoms with van der Waals surface area (Å²) in [6, 6.07) is 12.9. The first-order valence-corrected chi connectivity index (χ1v) is 9.54. The molecule has 0 bridgehead atoms. The Kier molecular flexibility index (Phi) is 6.16. The third-order valence-corrected chi connectivity index (χ3v) is 5.44.